The number of carbonyl (C=O) groups is 2. The molecule has 0 atom stereocenters. The van der Waals surface area contributed by atoms with Crippen molar-refractivity contribution < 1.29 is 22.8 Å². The molecule has 3 rings (SSSR count). The van der Waals surface area contributed by atoms with E-state index in [0.717, 1.165) is 31.7 Å². The second-order valence-electron chi connectivity index (χ2n) is 6.31. The topological polar surface area (TPSA) is 141 Å². The summed E-state index contributed by atoms with van der Waals surface area (Å²) in [4.78, 5) is 31.8. The number of primary amides is 2. The molecule has 0 saturated carbocycles. The molecule has 2 amide bonds. The van der Waals surface area contributed by atoms with E-state index in [0.29, 0.717) is 0 Å². The van der Waals surface area contributed by atoms with Gasteiger partial charge in [-0.25, -0.2) is 9.97 Å². The van der Waals surface area contributed by atoms with E-state index in [-0.39, 0.29) is 33.7 Å². The third kappa shape index (κ3) is 7.10. The van der Waals surface area contributed by atoms with Crippen molar-refractivity contribution in [2.75, 3.05) is 23.7 Å². The molecule has 2 aromatic rings. The first kappa shape index (κ1) is 23.3. The number of thioether (sulfide) groups is 1. The van der Waals surface area contributed by atoms with E-state index in [9.17, 15) is 22.8 Å². The molecule has 0 unspecified atom stereocenters. The lowest BCUT2D eigenvalue weighted by Crippen LogP contribution is -2.31. The normalized spacial score (nSPS) is 13.9. The van der Waals surface area contributed by atoms with Crippen molar-refractivity contribution in [1.82, 2.24) is 9.97 Å². The summed E-state index contributed by atoms with van der Waals surface area (Å²) in [6.45, 7) is 1.92. The van der Waals surface area contributed by atoms with Gasteiger partial charge in [-0.3, -0.25) is 9.59 Å². The van der Waals surface area contributed by atoms with Gasteiger partial charge < -0.3 is 22.1 Å². The lowest BCUT2D eigenvalue weighted by molar-refractivity contribution is -0.0328. The summed E-state index contributed by atoms with van der Waals surface area (Å²) in [5, 5.41) is 0. The van der Waals surface area contributed by atoms with Gasteiger partial charge in [-0.2, -0.15) is 13.2 Å². The average Bonchev–Trinajstić information content (AvgIpc) is 2.68. The number of amides is 2. The number of halogens is 3. The van der Waals surface area contributed by atoms with Crippen LogP contribution in [0.1, 0.15) is 40.1 Å². The van der Waals surface area contributed by atoms with Gasteiger partial charge in [0.25, 0.3) is 5.91 Å². The van der Waals surface area contributed by atoms with Gasteiger partial charge in [0.1, 0.15) is 5.82 Å². The lowest BCUT2D eigenvalue weighted by Gasteiger charge is -2.27. The minimum absolute atomic E-state index is 0.0301. The molecule has 162 valence electrons. The van der Waals surface area contributed by atoms with E-state index in [1.54, 1.807) is 6.20 Å². The van der Waals surface area contributed by atoms with Gasteiger partial charge in [-0.05, 0) is 55.3 Å². The number of anilines is 2. The van der Waals surface area contributed by atoms with Crippen molar-refractivity contribution in [3.05, 3.63) is 41.7 Å². The number of benzene rings is 1. The highest BCUT2D eigenvalue weighted by Crippen LogP contribution is 2.36. The Kier molecular flexibility index (Phi) is 7.86. The summed E-state index contributed by atoms with van der Waals surface area (Å²) in [6.07, 6.45) is 5.11. The first-order valence-corrected chi connectivity index (χ1v) is 9.71. The third-order valence-corrected chi connectivity index (χ3v) is 4.81. The van der Waals surface area contributed by atoms with Gasteiger partial charge in [0, 0.05) is 23.5 Å². The highest BCUT2D eigenvalue weighted by atomic mass is 32.2. The Labute approximate surface area is 175 Å². The summed E-state index contributed by atoms with van der Waals surface area (Å²) in [5.41, 5.74) is 11.6. The van der Waals surface area contributed by atoms with Gasteiger partial charge in [-0.1, -0.05) is 0 Å². The number of carbonyl (C=O) groups excluding carboxylic acids is 2. The van der Waals surface area contributed by atoms with E-state index >= 15 is 0 Å². The van der Waals surface area contributed by atoms with Crippen LogP contribution in [0.3, 0.4) is 0 Å². The zero-order valence-electron chi connectivity index (χ0n) is 15.9. The number of piperidine rings is 1. The van der Waals surface area contributed by atoms with Crippen LogP contribution in [-0.2, 0) is 0 Å². The van der Waals surface area contributed by atoms with E-state index < -0.39 is 17.3 Å². The van der Waals surface area contributed by atoms with Crippen LogP contribution in [0.5, 0.6) is 0 Å². The standard InChI is InChI=1S/C10H15N5O.C8H6F3NOS/c11-9-8(10(12)16)13-6-7(14-9)15-4-2-1-3-5-15;9-8(10,11)14-6-3-1-5(2-4-6)7(12)13/h6H,1-5H2,(H2,11,14)(H2,12,16);1-4H,(H2,12,13). The van der Waals surface area contributed by atoms with Gasteiger partial charge in [0.15, 0.2) is 11.5 Å². The van der Waals surface area contributed by atoms with Crippen LogP contribution in [-0.4, -0.2) is 40.4 Å². The molecule has 1 aromatic carbocycles. The average molecular weight is 442 g/mol. The predicted molar refractivity (Wildman–Crippen MR) is 108 cm³/mol. The Morgan fingerprint density at radius 3 is 2.07 bits per heavy atom. The fourth-order valence-corrected chi connectivity index (χ4v) is 3.22. The van der Waals surface area contributed by atoms with Crippen LogP contribution in [0.15, 0.2) is 35.4 Å². The summed E-state index contributed by atoms with van der Waals surface area (Å²) in [5.74, 6) is -0.471. The SMILES string of the molecule is NC(=O)c1ccc(SC(F)(F)F)cc1.NC(=O)c1ncc(N2CCCCC2)nc1N. The Morgan fingerprint density at radius 2 is 1.60 bits per heavy atom. The molecule has 1 aromatic heterocycles. The van der Waals surface area contributed by atoms with Gasteiger partial charge in [0.05, 0.1) is 6.20 Å². The molecular formula is C18H21F3N6O2S. The Balaban J connectivity index is 0.000000216. The Hall–Kier alpha value is -3.02. The number of rotatable bonds is 4. The first-order valence-electron chi connectivity index (χ1n) is 8.89. The zero-order chi connectivity index (χ0) is 22.3. The van der Waals surface area contributed by atoms with Gasteiger partial charge in [-0.15, -0.1) is 0 Å². The number of aromatic nitrogens is 2. The van der Waals surface area contributed by atoms with Crippen molar-refractivity contribution in [2.24, 2.45) is 11.5 Å². The molecule has 0 spiro atoms. The molecule has 1 saturated heterocycles. The monoisotopic (exact) mass is 442 g/mol. The predicted octanol–water partition coefficient (Wildman–Crippen LogP) is 2.55. The van der Waals surface area contributed by atoms with E-state index in [1.165, 1.54) is 30.7 Å². The summed E-state index contributed by atoms with van der Waals surface area (Å²) >= 11 is -0.231. The van der Waals surface area contributed by atoms with E-state index in [1.807, 2.05) is 0 Å². The van der Waals surface area contributed by atoms with Crippen LogP contribution in [0.25, 0.3) is 0 Å². The summed E-state index contributed by atoms with van der Waals surface area (Å²) in [7, 11) is 0. The molecule has 8 nitrogen and oxygen atoms in total. The highest BCUT2D eigenvalue weighted by Gasteiger charge is 2.29. The maximum Gasteiger partial charge on any atom is 0.446 e. The molecule has 0 bridgehead atoms. The van der Waals surface area contributed by atoms with Crippen molar-refractivity contribution in [1.29, 1.82) is 0 Å². The largest absolute Gasteiger partial charge is 0.446 e. The number of nitrogen functional groups attached to an aromatic ring is 1. The minimum atomic E-state index is -4.31. The van der Waals surface area contributed by atoms with Crippen molar-refractivity contribution >= 4 is 35.2 Å². The van der Waals surface area contributed by atoms with Crippen LogP contribution in [0.4, 0.5) is 24.8 Å². The molecule has 30 heavy (non-hydrogen) atoms. The number of nitrogens with zero attached hydrogens (tertiary/aromatic N) is 3. The van der Waals surface area contributed by atoms with Crippen molar-refractivity contribution in [3.8, 4) is 0 Å². The number of hydrogen-bond donors (Lipinski definition) is 3. The zero-order valence-corrected chi connectivity index (χ0v) is 16.7. The van der Waals surface area contributed by atoms with Crippen molar-refractivity contribution in [2.45, 2.75) is 29.7 Å². The third-order valence-electron chi connectivity index (χ3n) is 4.07. The molecule has 6 N–H and O–H groups in total. The maximum absolute atomic E-state index is 11.9. The second kappa shape index (κ2) is 10.1. The lowest BCUT2D eigenvalue weighted by atomic mass is 10.1. The maximum atomic E-state index is 11.9. The molecule has 2 heterocycles. The first-order chi connectivity index (χ1) is 14.1. The van der Waals surface area contributed by atoms with Gasteiger partial charge >= 0.3 is 5.51 Å². The second-order valence-corrected chi connectivity index (χ2v) is 7.45. The molecule has 1 aliphatic rings. The van der Waals surface area contributed by atoms with E-state index in [4.69, 9.17) is 17.2 Å². The van der Waals surface area contributed by atoms with Crippen LogP contribution >= 0.6 is 11.8 Å². The molecular weight excluding hydrogens is 421 g/mol. The fourth-order valence-electron chi connectivity index (χ4n) is 2.68. The fraction of sp³-hybridized carbons (Fsp3) is 0.333. The van der Waals surface area contributed by atoms with Gasteiger partial charge in [0.2, 0.25) is 5.91 Å². The summed E-state index contributed by atoms with van der Waals surface area (Å²) in [6, 6.07) is 4.93. The molecule has 1 fully saturated rings. The molecule has 1 aliphatic heterocycles. The highest BCUT2D eigenvalue weighted by molar-refractivity contribution is 8.00. The Morgan fingerprint density at radius 1 is 1.00 bits per heavy atom. The van der Waals surface area contributed by atoms with Crippen LogP contribution < -0.4 is 22.1 Å². The molecule has 12 heteroatoms. The summed E-state index contributed by atoms with van der Waals surface area (Å²) < 4.78 is 35.6. The quantitative estimate of drug-likeness (QED) is 0.618. The van der Waals surface area contributed by atoms with E-state index in [2.05, 4.69) is 14.9 Å². The van der Waals surface area contributed by atoms with Crippen LogP contribution in [0.2, 0.25) is 0 Å². The smallest absolute Gasteiger partial charge is 0.382 e. The van der Waals surface area contributed by atoms with Crippen LogP contribution in [0, 0.1) is 0 Å². The Bertz CT molecular complexity index is 886. The molecule has 0 radical (unpaired) electrons. The number of nitrogens with two attached hydrogens (primary N) is 3. The van der Waals surface area contributed by atoms with Crippen molar-refractivity contribution in [3.63, 3.8) is 0 Å². The molecule has 0 aliphatic carbocycles. The number of hydrogen-bond acceptors (Lipinski definition) is 7. The number of alkyl halides is 3. The minimum Gasteiger partial charge on any atom is -0.382 e.